The van der Waals surface area contributed by atoms with Crippen molar-refractivity contribution in [3.05, 3.63) is 69.6 Å². The molecule has 2 heterocycles. The predicted octanol–water partition coefficient (Wildman–Crippen LogP) is 4.14. The monoisotopic (exact) mass is 409 g/mol. The summed E-state index contributed by atoms with van der Waals surface area (Å²) in [6.45, 7) is 1.04. The van der Waals surface area contributed by atoms with Gasteiger partial charge in [-0.15, -0.1) is 11.3 Å². The molecular weight excluding hydrogens is 394 g/mol. The van der Waals surface area contributed by atoms with Crippen LogP contribution in [0.15, 0.2) is 53.9 Å². The second-order valence-corrected chi connectivity index (χ2v) is 6.93. The van der Waals surface area contributed by atoms with Gasteiger partial charge in [-0.05, 0) is 29.8 Å². The third-order valence-corrected chi connectivity index (χ3v) is 4.84. The number of carbonyl (C=O) groups excluding carboxylic acids is 1. The maximum Gasteiger partial charge on any atom is 0.270 e. The van der Waals surface area contributed by atoms with Crippen LogP contribution in [0.1, 0.15) is 5.56 Å². The van der Waals surface area contributed by atoms with E-state index in [4.69, 9.17) is 9.47 Å². The number of hydrogen-bond donors (Lipinski definition) is 1. The molecule has 0 bridgehead atoms. The zero-order valence-electron chi connectivity index (χ0n) is 15.0. The van der Waals surface area contributed by atoms with E-state index in [-0.39, 0.29) is 11.6 Å². The Hall–Kier alpha value is -3.72. The van der Waals surface area contributed by atoms with Crippen molar-refractivity contribution in [1.82, 2.24) is 4.98 Å². The number of amides is 1. The lowest BCUT2D eigenvalue weighted by molar-refractivity contribution is -0.384. The molecule has 9 heteroatoms. The SMILES string of the molecule is O=C(/C=C/c1cccc([N+](=O)[O-])c1)Nc1nc(-c2ccc3c(c2)OCCO3)cs1. The number of nitrogens with one attached hydrogen (secondary N) is 1. The van der Waals surface area contributed by atoms with Gasteiger partial charge < -0.3 is 9.47 Å². The molecule has 0 saturated heterocycles. The van der Waals surface area contributed by atoms with Gasteiger partial charge in [0.15, 0.2) is 16.6 Å². The molecule has 8 nitrogen and oxygen atoms in total. The number of ether oxygens (including phenoxy) is 2. The molecule has 1 N–H and O–H groups in total. The molecule has 2 aromatic carbocycles. The first kappa shape index (κ1) is 18.6. The number of anilines is 1. The molecule has 0 radical (unpaired) electrons. The van der Waals surface area contributed by atoms with E-state index in [1.54, 1.807) is 12.1 Å². The first-order chi connectivity index (χ1) is 14.1. The van der Waals surface area contributed by atoms with Gasteiger partial charge in [-0.25, -0.2) is 4.98 Å². The lowest BCUT2D eigenvalue weighted by atomic mass is 10.1. The van der Waals surface area contributed by atoms with Gasteiger partial charge in [-0.3, -0.25) is 20.2 Å². The van der Waals surface area contributed by atoms with Crippen LogP contribution in [-0.4, -0.2) is 29.0 Å². The maximum absolute atomic E-state index is 12.1. The highest BCUT2D eigenvalue weighted by atomic mass is 32.1. The average molecular weight is 409 g/mol. The minimum Gasteiger partial charge on any atom is -0.486 e. The summed E-state index contributed by atoms with van der Waals surface area (Å²) in [6.07, 6.45) is 2.82. The van der Waals surface area contributed by atoms with Crippen LogP contribution in [0.5, 0.6) is 11.5 Å². The van der Waals surface area contributed by atoms with E-state index in [0.717, 1.165) is 5.56 Å². The number of aromatic nitrogens is 1. The fraction of sp³-hybridized carbons (Fsp3) is 0.100. The van der Waals surface area contributed by atoms with Gasteiger partial charge in [0, 0.05) is 29.2 Å². The first-order valence-electron chi connectivity index (χ1n) is 8.67. The number of non-ortho nitro benzene ring substituents is 1. The number of nitrogens with zero attached hydrogens (tertiary/aromatic N) is 2. The summed E-state index contributed by atoms with van der Waals surface area (Å²) >= 11 is 1.30. The van der Waals surface area contributed by atoms with Crippen molar-refractivity contribution in [3.63, 3.8) is 0 Å². The normalized spacial score (nSPS) is 12.7. The van der Waals surface area contributed by atoms with Crippen LogP contribution in [-0.2, 0) is 4.79 Å². The number of nitro benzene ring substituents is 1. The summed E-state index contributed by atoms with van der Waals surface area (Å²) in [5, 5.41) is 15.8. The number of hydrogen-bond acceptors (Lipinski definition) is 7. The van der Waals surface area contributed by atoms with Gasteiger partial charge in [-0.1, -0.05) is 12.1 Å². The number of rotatable bonds is 5. The standard InChI is InChI=1S/C20H15N3O5S/c24-19(7-4-13-2-1-3-15(10-13)23(25)26)22-20-21-16(12-29-20)14-5-6-17-18(11-14)28-9-8-27-17/h1-7,10-12H,8-9H2,(H,21,22,24)/b7-4+. The van der Waals surface area contributed by atoms with E-state index < -0.39 is 4.92 Å². The number of carbonyl (C=O) groups is 1. The fourth-order valence-corrected chi connectivity index (χ4v) is 3.45. The van der Waals surface area contributed by atoms with Crippen molar-refractivity contribution >= 4 is 34.1 Å². The Labute approximate surface area is 169 Å². The molecule has 1 aliphatic rings. The second-order valence-electron chi connectivity index (χ2n) is 6.07. The largest absolute Gasteiger partial charge is 0.486 e. The zero-order chi connectivity index (χ0) is 20.2. The highest BCUT2D eigenvalue weighted by molar-refractivity contribution is 7.14. The highest BCUT2D eigenvalue weighted by Gasteiger charge is 2.14. The molecule has 1 amide bonds. The van der Waals surface area contributed by atoms with Crippen LogP contribution in [0.2, 0.25) is 0 Å². The average Bonchev–Trinajstić information content (AvgIpc) is 3.20. The van der Waals surface area contributed by atoms with Gasteiger partial charge in [0.2, 0.25) is 5.91 Å². The molecule has 3 aromatic rings. The maximum atomic E-state index is 12.1. The van der Waals surface area contributed by atoms with Crippen molar-refractivity contribution in [3.8, 4) is 22.8 Å². The van der Waals surface area contributed by atoms with E-state index in [2.05, 4.69) is 10.3 Å². The highest BCUT2D eigenvalue weighted by Crippen LogP contribution is 2.35. The van der Waals surface area contributed by atoms with E-state index >= 15 is 0 Å². The molecule has 0 saturated carbocycles. The van der Waals surface area contributed by atoms with Gasteiger partial charge in [-0.2, -0.15) is 0 Å². The summed E-state index contributed by atoms with van der Waals surface area (Å²) in [5.41, 5.74) is 2.10. The Morgan fingerprint density at radius 2 is 2.00 bits per heavy atom. The summed E-state index contributed by atoms with van der Waals surface area (Å²) in [6, 6.07) is 11.6. The second kappa shape index (κ2) is 8.11. The topological polar surface area (TPSA) is 104 Å². The molecule has 0 spiro atoms. The Morgan fingerprint density at radius 1 is 1.17 bits per heavy atom. The van der Waals surface area contributed by atoms with Crippen LogP contribution in [0, 0.1) is 10.1 Å². The number of benzene rings is 2. The molecule has 0 fully saturated rings. The first-order valence-corrected chi connectivity index (χ1v) is 9.55. The van der Waals surface area contributed by atoms with Gasteiger partial charge in [0.1, 0.15) is 13.2 Å². The smallest absolute Gasteiger partial charge is 0.270 e. The van der Waals surface area contributed by atoms with Crippen LogP contribution in [0.3, 0.4) is 0 Å². The predicted molar refractivity (Wildman–Crippen MR) is 109 cm³/mol. The van der Waals surface area contributed by atoms with E-state index in [0.29, 0.717) is 41.1 Å². The minimum absolute atomic E-state index is 0.0310. The van der Waals surface area contributed by atoms with Crippen LogP contribution in [0.25, 0.3) is 17.3 Å². The van der Waals surface area contributed by atoms with Gasteiger partial charge in [0.25, 0.3) is 5.69 Å². The fourth-order valence-electron chi connectivity index (χ4n) is 2.73. The molecule has 1 aromatic heterocycles. The summed E-state index contributed by atoms with van der Waals surface area (Å²) in [7, 11) is 0. The summed E-state index contributed by atoms with van der Waals surface area (Å²) < 4.78 is 11.1. The van der Waals surface area contributed by atoms with Crippen LogP contribution >= 0.6 is 11.3 Å². The summed E-state index contributed by atoms with van der Waals surface area (Å²) in [5.74, 6) is 1.00. The Balaban J connectivity index is 1.43. The van der Waals surface area contributed by atoms with Gasteiger partial charge >= 0.3 is 0 Å². The number of fused-ring (bicyclic) bond motifs is 1. The van der Waals surface area contributed by atoms with E-state index in [1.165, 1.54) is 35.6 Å². The third kappa shape index (κ3) is 4.41. The Bertz CT molecular complexity index is 1110. The van der Waals surface area contributed by atoms with Crippen molar-refractivity contribution in [2.24, 2.45) is 0 Å². The van der Waals surface area contributed by atoms with Crippen molar-refractivity contribution in [1.29, 1.82) is 0 Å². The van der Waals surface area contributed by atoms with E-state index in [9.17, 15) is 14.9 Å². The molecule has 0 aliphatic carbocycles. The lowest BCUT2D eigenvalue weighted by Gasteiger charge is -2.18. The minimum atomic E-state index is -0.480. The molecule has 1 aliphatic heterocycles. The molecule has 4 rings (SSSR count). The molecule has 0 unspecified atom stereocenters. The third-order valence-electron chi connectivity index (χ3n) is 4.08. The molecule has 0 atom stereocenters. The number of thiazole rings is 1. The van der Waals surface area contributed by atoms with Crippen molar-refractivity contribution in [2.75, 3.05) is 18.5 Å². The number of nitro groups is 1. The lowest BCUT2D eigenvalue weighted by Crippen LogP contribution is -2.15. The van der Waals surface area contributed by atoms with Gasteiger partial charge in [0.05, 0.1) is 10.6 Å². The molecule has 29 heavy (non-hydrogen) atoms. The Morgan fingerprint density at radius 3 is 2.83 bits per heavy atom. The van der Waals surface area contributed by atoms with Crippen molar-refractivity contribution in [2.45, 2.75) is 0 Å². The quantitative estimate of drug-likeness (QED) is 0.386. The Kier molecular flexibility index (Phi) is 5.21. The molecular formula is C20H15N3O5S. The van der Waals surface area contributed by atoms with Crippen molar-refractivity contribution < 1.29 is 19.2 Å². The molecule has 146 valence electrons. The van der Waals surface area contributed by atoms with Crippen LogP contribution in [0.4, 0.5) is 10.8 Å². The summed E-state index contributed by atoms with van der Waals surface area (Å²) in [4.78, 5) is 26.9. The zero-order valence-corrected chi connectivity index (χ0v) is 15.8. The van der Waals surface area contributed by atoms with E-state index in [1.807, 2.05) is 23.6 Å². The van der Waals surface area contributed by atoms with Crippen LogP contribution < -0.4 is 14.8 Å².